The summed E-state index contributed by atoms with van der Waals surface area (Å²) in [5.74, 6) is -0.930. The maximum Gasteiger partial charge on any atom is 0.328 e. The third-order valence-electron chi connectivity index (χ3n) is 3.54. The van der Waals surface area contributed by atoms with Crippen LogP contribution < -0.4 is 0 Å². The Morgan fingerprint density at radius 1 is 1.30 bits per heavy atom. The van der Waals surface area contributed by atoms with Gasteiger partial charge in [0.15, 0.2) is 0 Å². The average Bonchev–Trinajstić information content (AvgIpc) is 2.97. The van der Waals surface area contributed by atoms with Gasteiger partial charge in [0.25, 0.3) is 0 Å². The highest BCUT2D eigenvalue weighted by Crippen LogP contribution is 2.47. The minimum absolute atomic E-state index is 0.000782. The zero-order valence-electron chi connectivity index (χ0n) is 12.3. The number of carbonyl (C=O) groups is 1. The van der Waals surface area contributed by atoms with Crippen LogP contribution in [-0.4, -0.2) is 17.2 Å². The van der Waals surface area contributed by atoms with Crippen molar-refractivity contribution in [1.29, 1.82) is 0 Å². The van der Waals surface area contributed by atoms with Gasteiger partial charge in [-0.3, -0.25) is 0 Å². The molecule has 3 heteroatoms. The summed E-state index contributed by atoms with van der Waals surface area (Å²) in [6, 6.07) is 6.42. The first-order valence-corrected chi connectivity index (χ1v) is 6.67. The lowest BCUT2D eigenvalue weighted by atomic mass is 9.94. The number of hydrogen-bond acceptors (Lipinski definition) is 2. The van der Waals surface area contributed by atoms with Gasteiger partial charge in [-0.05, 0) is 38.8 Å². The summed E-state index contributed by atoms with van der Waals surface area (Å²) in [6.45, 7) is 7.98. The van der Waals surface area contributed by atoms with Crippen molar-refractivity contribution in [3.05, 3.63) is 58.7 Å². The number of benzene rings is 1. The second-order valence-corrected chi connectivity index (χ2v) is 5.61. The molecule has 1 N–H and O–H groups in total. The third kappa shape index (κ3) is 3.17. The first-order valence-electron chi connectivity index (χ1n) is 6.67. The fourth-order valence-electron chi connectivity index (χ4n) is 2.43. The number of allylic oxidation sites excluding steroid dienone is 2. The van der Waals surface area contributed by atoms with Gasteiger partial charge in [0.1, 0.15) is 11.7 Å². The van der Waals surface area contributed by atoms with Gasteiger partial charge in [0.2, 0.25) is 0 Å². The van der Waals surface area contributed by atoms with Gasteiger partial charge < -0.3 is 9.84 Å². The molecule has 1 aliphatic heterocycles. The topological polar surface area (TPSA) is 49.8 Å². The van der Waals surface area contributed by atoms with Crippen molar-refractivity contribution in [2.45, 2.75) is 39.4 Å². The van der Waals surface area contributed by atoms with Crippen LogP contribution in [0.2, 0.25) is 0 Å². The largest absolute Gasteiger partial charge is 0.478 e. The van der Waals surface area contributed by atoms with Crippen LogP contribution in [0.4, 0.5) is 0 Å². The van der Waals surface area contributed by atoms with Crippen LogP contribution in [0.25, 0.3) is 0 Å². The van der Waals surface area contributed by atoms with Crippen LogP contribution in [0, 0.1) is 13.8 Å². The molecule has 2 rings (SSSR count). The summed E-state index contributed by atoms with van der Waals surface area (Å²) in [5.41, 5.74) is 4.03. The van der Waals surface area contributed by atoms with Crippen molar-refractivity contribution < 1.29 is 14.6 Å². The summed E-state index contributed by atoms with van der Waals surface area (Å²) in [5, 5.41) is 8.66. The molecule has 1 saturated heterocycles. The number of epoxide rings is 1. The Morgan fingerprint density at radius 3 is 2.45 bits per heavy atom. The monoisotopic (exact) mass is 272 g/mol. The molecule has 20 heavy (non-hydrogen) atoms. The molecule has 1 unspecified atom stereocenters. The van der Waals surface area contributed by atoms with Gasteiger partial charge >= 0.3 is 5.97 Å². The second-order valence-electron chi connectivity index (χ2n) is 5.61. The standard InChI is InChI=1S/C17H20O3/c1-11(10-16(18)19)5-6-15-17(4,20-15)14-8-12(2)7-13(3)9-14/h5-10,15H,1-4H3,(H,18,19)/b6-5+,11-10+/t15?,17-/m1/s1. The van der Waals surface area contributed by atoms with E-state index in [1.54, 1.807) is 13.0 Å². The molecule has 1 fully saturated rings. The Kier molecular flexibility index (Phi) is 3.82. The van der Waals surface area contributed by atoms with E-state index < -0.39 is 5.97 Å². The molecule has 1 aromatic carbocycles. The van der Waals surface area contributed by atoms with Gasteiger partial charge in [-0.15, -0.1) is 0 Å². The van der Waals surface area contributed by atoms with E-state index in [9.17, 15) is 4.79 Å². The van der Waals surface area contributed by atoms with E-state index >= 15 is 0 Å². The number of aryl methyl sites for hydroxylation is 2. The molecule has 0 aliphatic carbocycles. The number of aliphatic carboxylic acids is 1. The lowest BCUT2D eigenvalue weighted by Gasteiger charge is -2.09. The van der Waals surface area contributed by atoms with Crippen LogP contribution in [0.1, 0.15) is 30.5 Å². The molecule has 1 aliphatic rings. The molecule has 1 aromatic rings. The summed E-state index contributed by atoms with van der Waals surface area (Å²) in [4.78, 5) is 10.6. The van der Waals surface area contributed by atoms with Crippen LogP contribution in [0.15, 0.2) is 42.0 Å². The minimum atomic E-state index is -0.930. The van der Waals surface area contributed by atoms with Crippen molar-refractivity contribution in [3.8, 4) is 0 Å². The average molecular weight is 272 g/mol. The van der Waals surface area contributed by atoms with Crippen LogP contribution >= 0.6 is 0 Å². The molecule has 0 spiro atoms. The van der Waals surface area contributed by atoms with E-state index in [-0.39, 0.29) is 11.7 Å². The number of ether oxygens (including phenoxy) is 1. The number of rotatable bonds is 4. The molecule has 0 saturated carbocycles. The van der Waals surface area contributed by atoms with E-state index in [1.165, 1.54) is 22.8 Å². The van der Waals surface area contributed by atoms with Crippen LogP contribution in [0.3, 0.4) is 0 Å². The van der Waals surface area contributed by atoms with Gasteiger partial charge in [0, 0.05) is 6.08 Å². The summed E-state index contributed by atoms with van der Waals surface area (Å²) < 4.78 is 5.79. The molecule has 3 nitrogen and oxygen atoms in total. The van der Waals surface area contributed by atoms with Gasteiger partial charge in [-0.2, -0.15) is 0 Å². The highest BCUT2D eigenvalue weighted by Gasteiger charge is 2.52. The van der Waals surface area contributed by atoms with Crippen molar-refractivity contribution in [2.75, 3.05) is 0 Å². The SMILES string of the molecule is CC(/C=C/C1O[C@]1(C)c1cc(C)cc(C)c1)=C\C(=O)O. The summed E-state index contributed by atoms with van der Waals surface area (Å²) in [7, 11) is 0. The van der Waals surface area contributed by atoms with Gasteiger partial charge in [-0.1, -0.05) is 41.5 Å². The highest BCUT2D eigenvalue weighted by atomic mass is 16.6. The van der Waals surface area contributed by atoms with Gasteiger partial charge in [0.05, 0.1) is 0 Å². The quantitative estimate of drug-likeness (QED) is 0.518. The molecular weight excluding hydrogens is 252 g/mol. The minimum Gasteiger partial charge on any atom is -0.478 e. The lowest BCUT2D eigenvalue weighted by Crippen LogP contribution is -2.07. The summed E-state index contributed by atoms with van der Waals surface area (Å²) in [6.07, 6.45) is 4.91. The van der Waals surface area contributed by atoms with E-state index in [4.69, 9.17) is 9.84 Å². The zero-order valence-corrected chi connectivity index (χ0v) is 12.3. The van der Waals surface area contributed by atoms with Crippen molar-refractivity contribution in [1.82, 2.24) is 0 Å². The fraction of sp³-hybridized carbons (Fsp3) is 0.353. The Labute approximate surface area is 119 Å². The van der Waals surface area contributed by atoms with Crippen molar-refractivity contribution >= 4 is 5.97 Å². The predicted molar refractivity (Wildman–Crippen MR) is 78.7 cm³/mol. The number of hydrogen-bond donors (Lipinski definition) is 1. The lowest BCUT2D eigenvalue weighted by molar-refractivity contribution is -0.131. The van der Waals surface area contributed by atoms with E-state index in [2.05, 4.69) is 39.0 Å². The van der Waals surface area contributed by atoms with E-state index in [0.717, 1.165) is 0 Å². The molecule has 0 amide bonds. The smallest absolute Gasteiger partial charge is 0.328 e. The third-order valence-corrected chi connectivity index (χ3v) is 3.54. The molecule has 0 aromatic heterocycles. The molecule has 0 radical (unpaired) electrons. The van der Waals surface area contributed by atoms with Crippen molar-refractivity contribution in [2.24, 2.45) is 0 Å². The van der Waals surface area contributed by atoms with Crippen molar-refractivity contribution in [3.63, 3.8) is 0 Å². The predicted octanol–water partition coefficient (Wildman–Crippen LogP) is 3.50. The maximum absolute atomic E-state index is 10.6. The Hall–Kier alpha value is -1.87. The molecule has 106 valence electrons. The van der Waals surface area contributed by atoms with Crippen LogP contribution in [0.5, 0.6) is 0 Å². The second kappa shape index (κ2) is 5.25. The first-order chi connectivity index (χ1) is 9.31. The molecule has 0 bridgehead atoms. The Bertz CT molecular complexity index is 578. The van der Waals surface area contributed by atoms with E-state index in [0.29, 0.717) is 5.57 Å². The first kappa shape index (κ1) is 14.5. The fourth-order valence-corrected chi connectivity index (χ4v) is 2.43. The number of carboxylic acids is 1. The zero-order chi connectivity index (χ0) is 14.9. The van der Waals surface area contributed by atoms with Gasteiger partial charge in [-0.25, -0.2) is 4.79 Å². The number of carboxylic acid groups (broad SMARTS) is 1. The highest BCUT2D eigenvalue weighted by molar-refractivity contribution is 5.81. The Balaban J connectivity index is 2.13. The summed E-state index contributed by atoms with van der Waals surface area (Å²) >= 11 is 0. The normalized spacial score (nSPS) is 26.0. The molecule has 1 heterocycles. The Morgan fingerprint density at radius 2 is 1.90 bits per heavy atom. The maximum atomic E-state index is 10.6. The molecular formula is C17H20O3. The van der Waals surface area contributed by atoms with Crippen LogP contribution in [-0.2, 0) is 15.1 Å². The van der Waals surface area contributed by atoms with E-state index in [1.807, 2.05) is 6.08 Å². The molecule has 2 atom stereocenters.